The van der Waals surface area contributed by atoms with Gasteiger partial charge in [-0.3, -0.25) is 9.81 Å². The molecule has 0 fully saturated rings. The maximum atomic E-state index is 12.2. The highest BCUT2D eigenvalue weighted by Crippen LogP contribution is 2.30. The molecule has 1 amide bonds. The van der Waals surface area contributed by atoms with Crippen LogP contribution in [0.5, 0.6) is 0 Å². The first-order chi connectivity index (χ1) is 7.30. The number of carbonyl (C=O) groups excluding carboxylic acids is 1. The van der Waals surface area contributed by atoms with E-state index in [4.69, 9.17) is 17.3 Å². The van der Waals surface area contributed by atoms with E-state index in [1.165, 1.54) is 7.05 Å². The molecule has 0 aromatic heterocycles. The number of hydrogen-bond acceptors (Lipinski definition) is 3. The summed E-state index contributed by atoms with van der Waals surface area (Å²) in [5, 5.41) is 0.473. The molecule has 4 nitrogen and oxygen atoms in total. The van der Waals surface area contributed by atoms with E-state index in [0.717, 1.165) is 16.3 Å². The topological polar surface area (TPSA) is 66.6 Å². The van der Waals surface area contributed by atoms with Crippen molar-refractivity contribution in [3.8, 4) is 0 Å². The zero-order valence-corrected chi connectivity index (χ0v) is 10.9. The molecular formula is C8H10FN2O2PS2. The number of nitrogens with two attached hydrogens (primary N) is 1. The summed E-state index contributed by atoms with van der Waals surface area (Å²) < 4.78 is 13.1. The molecule has 0 aliphatic carbocycles. The molecule has 0 saturated heterocycles. The molecule has 1 atom stereocenters. The van der Waals surface area contributed by atoms with Crippen LogP contribution in [0, 0.1) is 0 Å². The molecule has 8 heteroatoms. The van der Waals surface area contributed by atoms with Gasteiger partial charge in [0, 0.05) is 17.2 Å². The van der Waals surface area contributed by atoms with E-state index in [1.807, 2.05) is 0 Å². The summed E-state index contributed by atoms with van der Waals surface area (Å²) in [5.74, 6) is 0. The normalized spacial score (nSPS) is 14.2. The average Bonchev–Trinajstić information content (AvgIpc) is 2.17. The van der Waals surface area contributed by atoms with Crippen molar-refractivity contribution >= 4 is 41.6 Å². The molecule has 0 heterocycles. The van der Waals surface area contributed by atoms with Crippen molar-refractivity contribution in [2.75, 3.05) is 7.05 Å². The molecule has 0 saturated carbocycles. The van der Waals surface area contributed by atoms with Crippen LogP contribution in [0.1, 0.15) is 0 Å². The van der Waals surface area contributed by atoms with Gasteiger partial charge in [0.2, 0.25) is 0 Å². The van der Waals surface area contributed by atoms with Crippen LogP contribution in [0.3, 0.4) is 0 Å². The summed E-state index contributed by atoms with van der Waals surface area (Å²) in [7, 11) is 1.32. The van der Waals surface area contributed by atoms with Gasteiger partial charge in [-0.15, -0.1) is 4.39 Å². The molecule has 1 rings (SSSR count). The van der Waals surface area contributed by atoms with Crippen LogP contribution in [0.25, 0.3) is 0 Å². The number of benzene rings is 1. The van der Waals surface area contributed by atoms with E-state index in [9.17, 15) is 14.1 Å². The molecule has 1 aromatic carbocycles. The van der Waals surface area contributed by atoms with Gasteiger partial charge >= 0.3 is 6.16 Å². The number of carbonyl (C=O) groups is 1. The van der Waals surface area contributed by atoms with Gasteiger partial charge in [0.15, 0.2) is 6.42 Å². The molecule has 3 N–H and O–H groups in total. The molecular weight excluding hydrogens is 270 g/mol. The zero-order chi connectivity index (χ0) is 12.3. The standard InChI is InChI=1S/C8H10FN2O2PS2/c1-11(8(9)12)16-7-4-2-6(3-5-7)14(10,13)15/h2-5H,1H3,(H3,10,13,15). The summed E-state index contributed by atoms with van der Waals surface area (Å²) in [5.41, 5.74) is 5.41. The zero-order valence-electron chi connectivity index (χ0n) is 8.33. The Bertz CT molecular complexity index is 434. The second kappa shape index (κ2) is 5.25. The Labute approximate surface area is 102 Å². The smallest absolute Gasteiger partial charge is 0.351 e. The second-order valence-corrected chi connectivity index (χ2v) is 7.59. The minimum atomic E-state index is -2.92. The minimum absolute atomic E-state index is 0.473. The Morgan fingerprint density at radius 1 is 1.56 bits per heavy atom. The summed E-state index contributed by atoms with van der Waals surface area (Å²) in [6, 6.07) is 6.37. The lowest BCUT2D eigenvalue weighted by atomic mass is 10.4. The Kier molecular flexibility index (Phi) is 4.46. The molecule has 1 aromatic rings. The molecule has 88 valence electrons. The van der Waals surface area contributed by atoms with Crippen LogP contribution >= 0.6 is 18.4 Å². The number of hydrogen-bond donors (Lipinski definition) is 2. The molecule has 0 radical (unpaired) electrons. The molecule has 0 bridgehead atoms. The van der Waals surface area contributed by atoms with Crippen LogP contribution in [-0.4, -0.2) is 22.4 Å². The lowest BCUT2D eigenvalue weighted by Gasteiger charge is -2.12. The van der Waals surface area contributed by atoms with Gasteiger partial charge in [-0.2, -0.15) is 0 Å². The van der Waals surface area contributed by atoms with Crippen molar-refractivity contribution in [1.82, 2.24) is 4.31 Å². The van der Waals surface area contributed by atoms with Crippen molar-refractivity contribution in [3.05, 3.63) is 24.3 Å². The van der Waals surface area contributed by atoms with Gasteiger partial charge in [0.25, 0.3) is 0 Å². The minimum Gasteiger partial charge on any atom is -0.351 e. The number of rotatable bonds is 3. The van der Waals surface area contributed by atoms with Crippen LogP contribution in [-0.2, 0) is 11.8 Å². The van der Waals surface area contributed by atoms with Crippen LogP contribution < -0.4 is 10.8 Å². The Balaban J connectivity index is 2.80. The van der Waals surface area contributed by atoms with Crippen molar-refractivity contribution in [2.24, 2.45) is 5.50 Å². The average molecular weight is 280 g/mol. The summed E-state index contributed by atoms with van der Waals surface area (Å²) in [6.07, 6.45) is -4.45. The number of halogens is 1. The third kappa shape index (κ3) is 3.84. The van der Waals surface area contributed by atoms with Crippen molar-refractivity contribution in [3.63, 3.8) is 0 Å². The summed E-state index contributed by atoms with van der Waals surface area (Å²) >= 11 is 5.67. The Morgan fingerprint density at radius 2 is 2.06 bits per heavy atom. The maximum absolute atomic E-state index is 12.2. The molecule has 16 heavy (non-hydrogen) atoms. The van der Waals surface area contributed by atoms with E-state index in [0.29, 0.717) is 10.2 Å². The predicted octanol–water partition coefficient (Wildman–Crippen LogP) is 1.60. The van der Waals surface area contributed by atoms with Gasteiger partial charge in [0.05, 0.1) is 0 Å². The van der Waals surface area contributed by atoms with Gasteiger partial charge in [0.1, 0.15) is 0 Å². The van der Waals surface area contributed by atoms with E-state index in [1.54, 1.807) is 24.3 Å². The van der Waals surface area contributed by atoms with Crippen LogP contribution in [0.2, 0.25) is 0 Å². The molecule has 0 aliphatic rings. The van der Waals surface area contributed by atoms with E-state index in [2.05, 4.69) is 0 Å². The van der Waals surface area contributed by atoms with Crippen LogP contribution in [0.4, 0.5) is 9.18 Å². The molecule has 0 aliphatic heterocycles. The highest BCUT2D eigenvalue weighted by molar-refractivity contribution is 8.14. The van der Waals surface area contributed by atoms with Crippen molar-refractivity contribution < 1.29 is 14.1 Å². The second-order valence-electron chi connectivity index (χ2n) is 2.96. The number of nitrogens with zero attached hydrogens (tertiary/aromatic N) is 1. The first-order valence-corrected chi connectivity index (χ1v) is 7.73. The first kappa shape index (κ1) is 13.6. The fraction of sp³-hybridized carbons (Fsp3) is 0.125. The third-order valence-corrected chi connectivity index (χ3v) is 4.27. The van der Waals surface area contributed by atoms with Crippen LogP contribution in [0.15, 0.2) is 29.2 Å². The predicted molar refractivity (Wildman–Crippen MR) is 66.9 cm³/mol. The fourth-order valence-corrected chi connectivity index (χ4v) is 2.50. The summed E-state index contributed by atoms with van der Waals surface area (Å²) in [4.78, 5) is 20.4. The summed E-state index contributed by atoms with van der Waals surface area (Å²) in [6.45, 7) is 0. The molecule has 0 spiro atoms. The highest BCUT2D eigenvalue weighted by Gasteiger charge is 2.11. The quantitative estimate of drug-likeness (QED) is 0.381. The third-order valence-electron chi connectivity index (χ3n) is 1.70. The Morgan fingerprint density at radius 3 is 2.44 bits per heavy atom. The monoisotopic (exact) mass is 280 g/mol. The highest BCUT2D eigenvalue weighted by atomic mass is 32.4. The van der Waals surface area contributed by atoms with Gasteiger partial charge in [-0.25, -0.2) is 4.79 Å². The van der Waals surface area contributed by atoms with Gasteiger partial charge in [-0.05, 0) is 48.0 Å². The lowest BCUT2D eigenvalue weighted by molar-refractivity contribution is 0.209. The van der Waals surface area contributed by atoms with Crippen molar-refractivity contribution in [1.29, 1.82) is 0 Å². The van der Waals surface area contributed by atoms with E-state index >= 15 is 0 Å². The lowest BCUT2D eigenvalue weighted by Crippen LogP contribution is -2.13. The van der Waals surface area contributed by atoms with Gasteiger partial charge < -0.3 is 4.89 Å². The van der Waals surface area contributed by atoms with E-state index < -0.39 is 12.6 Å². The number of amides is 1. The SMILES string of the molecule is CN(Sc1ccc(P(N)(O)=S)cc1)C(=O)F. The maximum Gasteiger partial charge on any atom is 0.410 e. The van der Waals surface area contributed by atoms with Gasteiger partial charge in [-0.1, -0.05) is 0 Å². The van der Waals surface area contributed by atoms with E-state index in [-0.39, 0.29) is 0 Å². The fourth-order valence-electron chi connectivity index (χ4n) is 0.915. The first-order valence-electron chi connectivity index (χ1n) is 4.14. The molecule has 1 unspecified atom stereocenters. The Hall–Kier alpha value is -0.460. The largest absolute Gasteiger partial charge is 0.410 e. The van der Waals surface area contributed by atoms with Crippen molar-refractivity contribution in [2.45, 2.75) is 4.90 Å².